The summed E-state index contributed by atoms with van der Waals surface area (Å²) in [4.78, 5) is 22.4. The van der Waals surface area contributed by atoms with Crippen molar-refractivity contribution in [2.24, 2.45) is 0 Å². The van der Waals surface area contributed by atoms with Gasteiger partial charge in [-0.2, -0.15) is 37.7 Å². The van der Waals surface area contributed by atoms with Crippen LogP contribution in [0, 0.1) is 0 Å². The van der Waals surface area contributed by atoms with Gasteiger partial charge in [-0.25, -0.2) is 14.3 Å². The predicted molar refractivity (Wildman–Crippen MR) is 124 cm³/mol. The number of halogens is 6. The van der Waals surface area contributed by atoms with Gasteiger partial charge in [-0.15, -0.1) is 5.10 Å². The van der Waals surface area contributed by atoms with Gasteiger partial charge in [-0.1, -0.05) is 5.21 Å². The lowest BCUT2D eigenvalue weighted by molar-refractivity contribution is -0.193. The van der Waals surface area contributed by atoms with Crippen LogP contribution in [0.2, 0.25) is 0 Å². The molecule has 0 fully saturated rings. The van der Waals surface area contributed by atoms with E-state index in [1.54, 1.807) is 11.3 Å². The third kappa shape index (κ3) is 11.7. The number of fused-ring (bicyclic) bond motifs is 1. The summed E-state index contributed by atoms with van der Waals surface area (Å²) in [7, 11) is 4.14. The number of aliphatic carboxylic acids is 2. The minimum absolute atomic E-state index is 0.337. The SMILES string of the molecule is CCn1nnc2c1C(COCCN(C)C)CN(Cc1ccsc1)C2.O=C(O)C(F)(F)F.O=C(O)C(F)(F)F. The van der Waals surface area contributed by atoms with E-state index in [9.17, 15) is 26.3 Å². The third-order valence-electron chi connectivity index (χ3n) is 4.86. The van der Waals surface area contributed by atoms with E-state index >= 15 is 0 Å². The van der Waals surface area contributed by atoms with Crippen LogP contribution in [0.4, 0.5) is 26.3 Å². The average molecular weight is 578 g/mol. The fraction of sp³-hybridized carbons (Fsp3) is 0.619. The van der Waals surface area contributed by atoms with E-state index in [1.807, 2.05) is 4.68 Å². The second kappa shape index (κ2) is 15.0. The molecule has 3 rings (SSSR count). The molecule has 1 aliphatic heterocycles. The molecule has 0 aromatic carbocycles. The quantitative estimate of drug-likeness (QED) is 0.360. The normalized spacial score (nSPS) is 15.7. The van der Waals surface area contributed by atoms with Gasteiger partial charge in [-0.05, 0) is 43.4 Å². The summed E-state index contributed by atoms with van der Waals surface area (Å²) in [6, 6.07) is 2.20. The van der Waals surface area contributed by atoms with Crippen LogP contribution in [0.1, 0.15) is 29.8 Å². The van der Waals surface area contributed by atoms with E-state index in [2.05, 4.69) is 58.0 Å². The Bertz CT molecular complexity index is 974. The number of alkyl halides is 6. The molecule has 216 valence electrons. The van der Waals surface area contributed by atoms with Gasteiger partial charge in [0.1, 0.15) is 5.69 Å². The van der Waals surface area contributed by atoms with Crippen LogP contribution in [0.15, 0.2) is 16.8 Å². The van der Waals surface area contributed by atoms with Gasteiger partial charge in [0.05, 0.1) is 18.9 Å². The van der Waals surface area contributed by atoms with Crippen LogP contribution in [0.25, 0.3) is 0 Å². The molecule has 17 heteroatoms. The second-order valence-electron chi connectivity index (χ2n) is 8.22. The van der Waals surface area contributed by atoms with Gasteiger partial charge < -0.3 is 19.8 Å². The molecule has 0 aliphatic carbocycles. The maximum atomic E-state index is 10.6. The number of aromatic nitrogens is 3. The Labute approximate surface area is 218 Å². The lowest BCUT2D eigenvalue weighted by Gasteiger charge is -2.32. The highest BCUT2D eigenvalue weighted by Gasteiger charge is 2.39. The van der Waals surface area contributed by atoms with Gasteiger partial charge in [-0.3, -0.25) is 4.90 Å². The maximum Gasteiger partial charge on any atom is 0.490 e. The highest BCUT2D eigenvalue weighted by atomic mass is 32.1. The van der Waals surface area contributed by atoms with Crippen molar-refractivity contribution in [3.8, 4) is 0 Å². The molecule has 1 atom stereocenters. The van der Waals surface area contributed by atoms with Crippen molar-refractivity contribution in [2.45, 2.75) is 44.8 Å². The summed E-state index contributed by atoms with van der Waals surface area (Å²) in [6.07, 6.45) is -10.2. The third-order valence-corrected chi connectivity index (χ3v) is 5.59. The molecular formula is C21H29F6N5O5S. The number of carboxylic acid groups (broad SMARTS) is 2. The molecule has 1 aliphatic rings. The Hall–Kier alpha value is -2.76. The Morgan fingerprint density at radius 2 is 1.74 bits per heavy atom. The number of carbonyl (C=O) groups is 2. The topological polar surface area (TPSA) is 121 Å². The average Bonchev–Trinajstić information content (AvgIpc) is 3.45. The smallest absolute Gasteiger partial charge is 0.475 e. The Morgan fingerprint density at radius 1 is 1.16 bits per heavy atom. The van der Waals surface area contributed by atoms with Crippen molar-refractivity contribution in [3.63, 3.8) is 0 Å². The molecule has 2 aromatic rings. The van der Waals surface area contributed by atoms with Crippen LogP contribution in [0.5, 0.6) is 0 Å². The summed E-state index contributed by atoms with van der Waals surface area (Å²) in [5.41, 5.74) is 3.75. The van der Waals surface area contributed by atoms with Crippen molar-refractivity contribution in [2.75, 3.05) is 40.4 Å². The highest BCUT2D eigenvalue weighted by molar-refractivity contribution is 7.07. The summed E-state index contributed by atoms with van der Waals surface area (Å²) in [5, 5.41) is 27.4. The molecule has 10 nitrogen and oxygen atoms in total. The lowest BCUT2D eigenvalue weighted by atomic mass is 9.98. The maximum absolute atomic E-state index is 10.6. The Balaban J connectivity index is 0.000000426. The molecular weight excluding hydrogens is 548 g/mol. The number of hydrogen-bond acceptors (Lipinski definition) is 8. The fourth-order valence-electron chi connectivity index (χ4n) is 3.19. The highest BCUT2D eigenvalue weighted by Crippen LogP contribution is 2.28. The van der Waals surface area contributed by atoms with Crippen molar-refractivity contribution in [3.05, 3.63) is 33.8 Å². The number of likely N-dealkylation sites (N-methyl/N-ethyl adjacent to an activating group) is 1. The van der Waals surface area contributed by atoms with Gasteiger partial charge in [0.15, 0.2) is 0 Å². The molecule has 0 radical (unpaired) electrons. The van der Waals surface area contributed by atoms with Crippen LogP contribution >= 0.6 is 11.3 Å². The Morgan fingerprint density at radius 3 is 2.18 bits per heavy atom. The van der Waals surface area contributed by atoms with Crippen LogP contribution < -0.4 is 0 Å². The van der Waals surface area contributed by atoms with Crippen LogP contribution in [-0.4, -0.2) is 99.7 Å². The van der Waals surface area contributed by atoms with Crippen molar-refractivity contribution in [1.82, 2.24) is 24.8 Å². The number of hydrogen-bond donors (Lipinski definition) is 2. The Kier molecular flexibility index (Phi) is 13.1. The van der Waals surface area contributed by atoms with Gasteiger partial charge in [0.2, 0.25) is 0 Å². The zero-order valence-electron chi connectivity index (χ0n) is 20.8. The molecule has 2 N–H and O–H groups in total. The largest absolute Gasteiger partial charge is 0.490 e. The molecule has 1 unspecified atom stereocenters. The molecule has 38 heavy (non-hydrogen) atoms. The zero-order chi connectivity index (χ0) is 29.1. The first-order chi connectivity index (χ1) is 17.6. The minimum Gasteiger partial charge on any atom is -0.475 e. The molecule has 0 spiro atoms. The van der Waals surface area contributed by atoms with Crippen LogP contribution in [-0.2, 0) is 34.0 Å². The van der Waals surface area contributed by atoms with Crippen molar-refractivity contribution < 1.29 is 50.9 Å². The van der Waals surface area contributed by atoms with E-state index in [0.717, 1.165) is 51.6 Å². The zero-order valence-corrected chi connectivity index (χ0v) is 21.6. The van der Waals surface area contributed by atoms with Crippen molar-refractivity contribution >= 4 is 23.3 Å². The molecule has 0 saturated heterocycles. The van der Waals surface area contributed by atoms with E-state index in [1.165, 1.54) is 11.3 Å². The molecule has 3 heterocycles. The first-order valence-electron chi connectivity index (χ1n) is 11.0. The number of rotatable bonds is 8. The minimum atomic E-state index is -5.08. The molecule has 0 amide bonds. The summed E-state index contributed by atoms with van der Waals surface area (Å²) >= 11 is 1.75. The number of ether oxygens (including phenoxy) is 1. The number of carboxylic acids is 2. The second-order valence-corrected chi connectivity index (χ2v) is 9.00. The summed E-state index contributed by atoms with van der Waals surface area (Å²) in [5.74, 6) is -5.18. The van der Waals surface area contributed by atoms with E-state index in [4.69, 9.17) is 24.5 Å². The summed E-state index contributed by atoms with van der Waals surface area (Å²) < 4.78 is 71.5. The van der Waals surface area contributed by atoms with Crippen LogP contribution in [0.3, 0.4) is 0 Å². The molecule has 0 bridgehead atoms. The van der Waals surface area contributed by atoms with Gasteiger partial charge in [0, 0.05) is 38.6 Å². The number of nitrogens with zero attached hydrogens (tertiary/aromatic N) is 5. The van der Waals surface area contributed by atoms with E-state index in [-0.39, 0.29) is 0 Å². The fourth-order valence-corrected chi connectivity index (χ4v) is 3.85. The van der Waals surface area contributed by atoms with E-state index in [0.29, 0.717) is 5.92 Å². The van der Waals surface area contributed by atoms with Gasteiger partial charge in [0.25, 0.3) is 0 Å². The summed E-state index contributed by atoms with van der Waals surface area (Å²) in [6.45, 7) is 8.26. The molecule has 0 saturated carbocycles. The lowest BCUT2D eigenvalue weighted by Crippen LogP contribution is -2.36. The molecule has 2 aromatic heterocycles. The standard InChI is InChI=1S/C17H27N5OS.2C2HF3O2/c1-4-22-17-15(12-23-7-6-20(2)3)10-21(11-16(17)18-19-22)9-14-5-8-24-13-14;2*3-2(4,5)1(6)7/h5,8,13,15H,4,6-7,9-12H2,1-3H3;2*(H,6,7). The first kappa shape index (κ1) is 33.3. The van der Waals surface area contributed by atoms with E-state index < -0.39 is 24.3 Å². The predicted octanol–water partition coefficient (Wildman–Crippen LogP) is 3.30. The number of thiophene rings is 1. The monoisotopic (exact) mass is 577 g/mol. The van der Waals surface area contributed by atoms with Gasteiger partial charge >= 0.3 is 24.3 Å². The van der Waals surface area contributed by atoms with Crippen molar-refractivity contribution in [1.29, 1.82) is 0 Å². The first-order valence-corrected chi connectivity index (χ1v) is 12.0. The number of aryl methyl sites for hydroxylation is 1.